The zero-order valence-corrected chi connectivity index (χ0v) is 16.5. The van der Waals surface area contributed by atoms with Gasteiger partial charge < -0.3 is 9.64 Å². The number of piperidine rings is 1. The molecule has 4 nitrogen and oxygen atoms in total. The van der Waals surface area contributed by atoms with Gasteiger partial charge in [-0.3, -0.25) is 4.98 Å². The van der Waals surface area contributed by atoms with E-state index in [4.69, 9.17) is 4.74 Å². The van der Waals surface area contributed by atoms with Crippen molar-refractivity contribution in [1.29, 1.82) is 0 Å². The number of pyridine rings is 1. The Morgan fingerprint density at radius 1 is 1.14 bits per heavy atom. The van der Waals surface area contributed by atoms with Gasteiger partial charge in [-0.15, -0.1) is 0 Å². The quantitative estimate of drug-likeness (QED) is 0.701. The van der Waals surface area contributed by atoms with Crippen molar-refractivity contribution >= 4 is 11.7 Å². The summed E-state index contributed by atoms with van der Waals surface area (Å²) >= 11 is 0. The first-order valence-electron chi connectivity index (χ1n) is 10.1. The van der Waals surface area contributed by atoms with E-state index in [-0.39, 0.29) is 11.7 Å². The number of carbonyl (C=O) groups is 1. The number of hydrogen-bond donors (Lipinski definition) is 0. The largest absolute Gasteiger partial charge is 0.450 e. The lowest BCUT2D eigenvalue weighted by Gasteiger charge is -2.29. The van der Waals surface area contributed by atoms with Gasteiger partial charge in [-0.1, -0.05) is 23.8 Å². The van der Waals surface area contributed by atoms with E-state index in [1.54, 1.807) is 24.1 Å². The van der Waals surface area contributed by atoms with Crippen molar-refractivity contribution in [1.82, 2.24) is 9.88 Å². The number of likely N-dealkylation sites (tertiary alicyclic amines) is 1. The summed E-state index contributed by atoms with van der Waals surface area (Å²) in [7, 11) is 0. The Morgan fingerprint density at radius 2 is 1.90 bits per heavy atom. The number of halogens is 2. The Labute approximate surface area is 169 Å². The summed E-state index contributed by atoms with van der Waals surface area (Å²) in [5, 5.41) is 0. The van der Waals surface area contributed by atoms with Crippen LogP contribution in [0.5, 0.6) is 0 Å². The minimum absolute atomic E-state index is 0.0594. The average Bonchev–Trinajstić information content (AvgIpc) is 2.90. The number of nitrogens with zero attached hydrogens (tertiary/aromatic N) is 2. The highest BCUT2D eigenvalue weighted by Gasteiger charge is 2.27. The molecule has 1 aliphatic carbocycles. The molecule has 1 amide bonds. The Bertz CT molecular complexity index is 946. The van der Waals surface area contributed by atoms with Gasteiger partial charge in [0.15, 0.2) is 0 Å². The van der Waals surface area contributed by atoms with E-state index in [0.29, 0.717) is 26.1 Å². The van der Waals surface area contributed by atoms with Gasteiger partial charge in [0.05, 0.1) is 12.3 Å². The minimum atomic E-state index is -2.48. The second kappa shape index (κ2) is 8.31. The molecule has 1 aromatic carbocycles. The van der Waals surface area contributed by atoms with Crippen molar-refractivity contribution in [2.24, 2.45) is 0 Å². The van der Waals surface area contributed by atoms with Crippen LogP contribution in [0.2, 0.25) is 0 Å². The van der Waals surface area contributed by atoms with Gasteiger partial charge in [-0.05, 0) is 61.4 Å². The lowest BCUT2D eigenvalue weighted by Crippen LogP contribution is -2.37. The first kappa shape index (κ1) is 19.6. The van der Waals surface area contributed by atoms with E-state index in [1.165, 1.54) is 11.6 Å². The predicted octanol–water partition coefficient (Wildman–Crippen LogP) is 5.17. The van der Waals surface area contributed by atoms with Crippen molar-refractivity contribution in [2.45, 2.75) is 39.0 Å². The summed E-state index contributed by atoms with van der Waals surface area (Å²) in [6, 6.07) is 8.97. The third kappa shape index (κ3) is 3.88. The van der Waals surface area contributed by atoms with Gasteiger partial charge in [0.25, 0.3) is 6.43 Å². The minimum Gasteiger partial charge on any atom is -0.450 e. The van der Waals surface area contributed by atoms with Crippen molar-refractivity contribution in [3.05, 3.63) is 70.0 Å². The van der Waals surface area contributed by atoms with Crippen LogP contribution in [0.15, 0.2) is 42.1 Å². The van der Waals surface area contributed by atoms with Crippen LogP contribution in [-0.2, 0) is 17.6 Å². The molecule has 2 aliphatic rings. The van der Waals surface area contributed by atoms with Gasteiger partial charge in [-0.25, -0.2) is 13.6 Å². The molecule has 1 aromatic heterocycles. The Hall–Kier alpha value is -2.76. The molecule has 2 aromatic rings. The maximum atomic E-state index is 13.3. The van der Waals surface area contributed by atoms with E-state index in [9.17, 15) is 13.6 Å². The van der Waals surface area contributed by atoms with E-state index in [1.807, 2.05) is 12.1 Å². The van der Waals surface area contributed by atoms with Crippen molar-refractivity contribution in [3.8, 4) is 0 Å². The molecule has 1 fully saturated rings. The second-order valence-electron chi connectivity index (χ2n) is 7.39. The molecule has 1 saturated heterocycles. The fourth-order valence-electron chi connectivity index (χ4n) is 4.24. The monoisotopic (exact) mass is 398 g/mol. The summed E-state index contributed by atoms with van der Waals surface area (Å²) in [6.45, 7) is 3.34. The highest BCUT2D eigenvalue weighted by Crippen LogP contribution is 2.38. The molecule has 152 valence electrons. The van der Waals surface area contributed by atoms with Crippen LogP contribution >= 0.6 is 0 Å². The van der Waals surface area contributed by atoms with Crippen molar-refractivity contribution in [2.75, 3.05) is 19.7 Å². The number of carbonyl (C=O) groups excluding carboxylic acids is 1. The molecule has 6 heteroatoms. The van der Waals surface area contributed by atoms with Crippen LogP contribution in [-0.4, -0.2) is 35.7 Å². The van der Waals surface area contributed by atoms with Crippen LogP contribution in [0.1, 0.15) is 54.1 Å². The van der Waals surface area contributed by atoms with Crippen LogP contribution in [0.3, 0.4) is 0 Å². The summed E-state index contributed by atoms with van der Waals surface area (Å²) in [6.07, 6.45) is 1.95. The highest BCUT2D eigenvalue weighted by molar-refractivity contribution is 5.84. The lowest BCUT2D eigenvalue weighted by atomic mass is 9.88. The molecule has 0 radical (unpaired) electrons. The molecule has 0 unspecified atom stereocenters. The number of benzene rings is 1. The van der Waals surface area contributed by atoms with Crippen LogP contribution in [0.4, 0.5) is 13.6 Å². The van der Waals surface area contributed by atoms with Gasteiger partial charge in [0, 0.05) is 30.4 Å². The molecule has 0 atom stereocenters. The van der Waals surface area contributed by atoms with Crippen LogP contribution < -0.4 is 0 Å². The zero-order valence-electron chi connectivity index (χ0n) is 16.5. The SMILES string of the molecule is CCOC(=O)N1CCC(=C2c3ccc(C(F)F)cc3CCc3cccnc32)CC1. The first-order chi connectivity index (χ1) is 14.1. The number of aryl methyl sites for hydroxylation is 2. The summed E-state index contributed by atoms with van der Waals surface area (Å²) in [5.74, 6) is 0. The molecule has 29 heavy (non-hydrogen) atoms. The molecule has 0 saturated carbocycles. The number of alkyl halides is 2. The second-order valence-corrected chi connectivity index (χ2v) is 7.39. The molecule has 0 N–H and O–H groups in total. The maximum absolute atomic E-state index is 13.3. The standard InChI is InChI=1S/C23H24F2N2O2/c1-2-29-23(28)27-12-9-15(10-13-27)20-19-8-7-18(22(24)25)14-17(19)6-5-16-4-3-11-26-21(16)20/h3-4,7-8,11,14,22H,2,5-6,9-10,12-13H2,1H3. The van der Waals surface area contributed by atoms with Gasteiger partial charge in [-0.2, -0.15) is 0 Å². The third-order valence-corrected chi connectivity index (χ3v) is 5.69. The average molecular weight is 398 g/mol. The highest BCUT2D eigenvalue weighted by atomic mass is 19.3. The Morgan fingerprint density at radius 3 is 2.62 bits per heavy atom. The van der Waals surface area contributed by atoms with E-state index >= 15 is 0 Å². The molecule has 4 rings (SSSR count). The number of amides is 1. The first-order valence-corrected chi connectivity index (χ1v) is 10.1. The smallest absolute Gasteiger partial charge is 0.409 e. The fourth-order valence-corrected chi connectivity index (χ4v) is 4.24. The number of ether oxygens (including phenoxy) is 1. The molecule has 2 heterocycles. The molecular formula is C23H24F2N2O2. The zero-order chi connectivity index (χ0) is 20.4. The van der Waals surface area contributed by atoms with Crippen molar-refractivity contribution < 1.29 is 18.3 Å². The Kier molecular flexibility index (Phi) is 5.60. The summed E-state index contributed by atoms with van der Waals surface area (Å²) < 4.78 is 31.6. The van der Waals surface area contributed by atoms with E-state index in [2.05, 4.69) is 11.1 Å². The topological polar surface area (TPSA) is 42.4 Å². The number of fused-ring (bicyclic) bond motifs is 2. The normalized spacial score (nSPS) is 16.3. The predicted molar refractivity (Wildman–Crippen MR) is 107 cm³/mol. The lowest BCUT2D eigenvalue weighted by molar-refractivity contribution is 0.104. The molecule has 0 bridgehead atoms. The summed E-state index contributed by atoms with van der Waals surface area (Å²) in [4.78, 5) is 18.4. The van der Waals surface area contributed by atoms with Crippen molar-refractivity contribution in [3.63, 3.8) is 0 Å². The fraction of sp³-hybridized carbons (Fsp3) is 0.391. The van der Waals surface area contributed by atoms with Gasteiger partial charge >= 0.3 is 6.09 Å². The number of hydrogen-bond acceptors (Lipinski definition) is 3. The van der Waals surface area contributed by atoms with E-state index < -0.39 is 6.43 Å². The summed E-state index contributed by atoms with van der Waals surface area (Å²) in [5.41, 5.74) is 6.34. The third-order valence-electron chi connectivity index (χ3n) is 5.69. The molecule has 1 aliphatic heterocycles. The number of rotatable bonds is 2. The molecular weight excluding hydrogens is 374 g/mol. The van der Waals surface area contributed by atoms with Crippen LogP contribution in [0, 0.1) is 0 Å². The Balaban J connectivity index is 1.76. The molecule has 0 spiro atoms. The maximum Gasteiger partial charge on any atom is 0.409 e. The van der Waals surface area contributed by atoms with Gasteiger partial charge in [0.2, 0.25) is 0 Å². The number of aromatic nitrogens is 1. The van der Waals surface area contributed by atoms with Crippen LogP contribution in [0.25, 0.3) is 5.57 Å². The van der Waals surface area contributed by atoms with Gasteiger partial charge in [0.1, 0.15) is 0 Å². The van der Waals surface area contributed by atoms with E-state index in [0.717, 1.165) is 47.2 Å².